The number of fused-ring (bicyclic) bond motifs is 1. The first kappa shape index (κ1) is 19.4. The Labute approximate surface area is 163 Å². The number of rotatable bonds is 5. The summed E-state index contributed by atoms with van der Waals surface area (Å²) in [5.41, 5.74) is 4.81. The second-order valence-corrected chi connectivity index (χ2v) is 6.48. The minimum atomic E-state index is -0.544. The van der Waals surface area contributed by atoms with E-state index in [9.17, 15) is 9.59 Å². The highest BCUT2D eigenvalue weighted by molar-refractivity contribution is 6.08. The van der Waals surface area contributed by atoms with E-state index in [1.165, 1.54) is 0 Å². The average molecular weight is 378 g/mol. The van der Waals surface area contributed by atoms with Crippen LogP contribution in [0.15, 0.2) is 58.5 Å². The molecule has 1 unspecified atom stereocenters. The van der Waals surface area contributed by atoms with Crippen molar-refractivity contribution in [2.45, 2.75) is 13.0 Å². The first-order valence-corrected chi connectivity index (χ1v) is 8.99. The van der Waals surface area contributed by atoms with Gasteiger partial charge in [-0.05, 0) is 41.8 Å². The van der Waals surface area contributed by atoms with Gasteiger partial charge in [0.25, 0.3) is 5.91 Å². The maximum absolute atomic E-state index is 13.0. The molecule has 1 aliphatic rings. The standard InChI is InChI=1S/C21H22N4O3/c1-22-12-18(13-23-19-5-3-2-4-6-19)21(27)25-10-9-15-11-16(20(26)24-28)7-8-17(15)14-25/h2-8,11-13,18,28H,9-10,14H2,1H3,(H,24,26). The van der Waals surface area contributed by atoms with Gasteiger partial charge < -0.3 is 4.90 Å². The van der Waals surface area contributed by atoms with Gasteiger partial charge in [-0.1, -0.05) is 24.3 Å². The monoisotopic (exact) mass is 378 g/mol. The Balaban J connectivity index is 1.74. The van der Waals surface area contributed by atoms with Crippen molar-refractivity contribution in [3.63, 3.8) is 0 Å². The van der Waals surface area contributed by atoms with Gasteiger partial charge in [0, 0.05) is 38.1 Å². The van der Waals surface area contributed by atoms with Gasteiger partial charge in [-0.3, -0.25) is 24.8 Å². The molecule has 28 heavy (non-hydrogen) atoms. The molecule has 0 bridgehead atoms. The van der Waals surface area contributed by atoms with Crippen LogP contribution in [0.4, 0.5) is 5.69 Å². The van der Waals surface area contributed by atoms with Crippen LogP contribution in [-0.2, 0) is 17.8 Å². The molecule has 0 aliphatic carbocycles. The molecule has 0 radical (unpaired) electrons. The van der Waals surface area contributed by atoms with Gasteiger partial charge in [-0.15, -0.1) is 0 Å². The fraction of sp³-hybridized carbons (Fsp3) is 0.238. The number of benzene rings is 2. The maximum atomic E-state index is 13.0. The smallest absolute Gasteiger partial charge is 0.274 e. The van der Waals surface area contributed by atoms with Crippen LogP contribution in [0.1, 0.15) is 21.5 Å². The van der Waals surface area contributed by atoms with E-state index in [1.54, 1.807) is 42.0 Å². The Morgan fingerprint density at radius 1 is 1.14 bits per heavy atom. The minimum Gasteiger partial charge on any atom is -0.337 e. The fourth-order valence-corrected chi connectivity index (χ4v) is 3.16. The van der Waals surface area contributed by atoms with Crippen LogP contribution < -0.4 is 5.48 Å². The van der Waals surface area contributed by atoms with Gasteiger partial charge in [-0.2, -0.15) is 0 Å². The molecule has 2 aromatic carbocycles. The number of carbonyl (C=O) groups excluding carboxylic acids is 2. The Bertz CT molecular complexity index is 909. The molecule has 144 valence electrons. The lowest BCUT2D eigenvalue weighted by Crippen LogP contribution is -2.41. The summed E-state index contributed by atoms with van der Waals surface area (Å²) in [5, 5.41) is 8.77. The van der Waals surface area contributed by atoms with Crippen molar-refractivity contribution in [2.24, 2.45) is 15.9 Å². The van der Waals surface area contributed by atoms with E-state index in [1.807, 2.05) is 36.4 Å². The van der Waals surface area contributed by atoms with Crippen LogP contribution in [0.3, 0.4) is 0 Å². The van der Waals surface area contributed by atoms with Crippen molar-refractivity contribution in [1.29, 1.82) is 0 Å². The summed E-state index contributed by atoms with van der Waals surface area (Å²) in [6.45, 7) is 1.01. The molecule has 0 fully saturated rings. The number of amides is 2. The molecule has 0 saturated heterocycles. The Morgan fingerprint density at radius 2 is 1.93 bits per heavy atom. The number of hydroxylamine groups is 1. The van der Waals surface area contributed by atoms with Crippen molar-refractivity contribution in [3.8, 4) is 0 Å². The summed E-state index contributed by atoms with van der Waals surface area (Å²) >= 11 is 0. The topological polar surface area (TPSA) is 94.4 Å². The van der Waals surface area contributed by atoms with Crippen LogP contribution in [0.5, 0.6) is 0 Å². The first-order valence-electron chi connectivity index (χ1n) is 8.99. The highest BCUT2D eigenvalue weighted by Gasteiger charge is 2.26. The zero-order chi connectivity index (χ0) is 19.9. The molecule has 2 aromatic rings. The summed E-state index contributed by atoms with van der Waals surface area (Å²) in [6.07, 6.45) is 3.85. The van der Waals surface area contributed by atoms with Gasteiger partial charge in [-0.25, -0.2) is 5.48 Å². The molecule has 0 aromatic heterocycles. The Morgan fingerprint density at radius 3 is 2.64 bits per heavy atom. The van der Waals surface area contributed by atoms with Crippen molar-refractivity contribution in [1.82, 2.24) is 10.4 Å². The lowest BCUT2D eigenvalue weighted by atomic mass is 9.96. The van der Waals surface area contributed by atoms with Crippen LogP contribution >= 0.6 is 0 Å². The Hall–Kier alpha value is -3.32. The minimum absolute atomic E-state index is 0.0619. The second kappa shape index (κ2) is 9.05. The van der Waals surface area contributed by atoms with E-state index in [-0.39, 0.29) is 5.91 Å². The zero-order valence-electron chi connectivity index (χ0n) is 15.6. The van der Waals surface area contributed by atoms with Gasteiger partial charge in [0.15, 0.2) is 0 Å². The number of carbonyl (C=O) groups is 2. The van der Waals surface area contributed by atoms with E-state index < -0.39 is 11.8 Å². The first-order chi connectivity index (χ1) is 13.6. The summed E-state index contributed by atoms with van der Waals surface area (Å²) < 4.78 is 0. The number of hydrogen-bond acceptors (Lipinski definition) is 5. The van der Waals surface area contributed by atoms with Gasteiger partial charge in [0.05, 0.1) is 5.69 Å². The van der Waals surface area contributed by atoms with Crippen LogP contribution in [-0.4, -0.2) is 47.9 Å². The molecule has 7 heteroatoms. The maximum Gasteiger partial charge on any atom is 0.274 e. The molecule has 0 spiro atoms. The van der Waals surface area contributed by atoms with E-state index in [0.717, 1.165) is 16.8 Å². The van der Waals surface area contributed by atoms with Crippen LogP contribution in [0.2, 0.25) is 0 Å². The third-order valence-corrected chi connectivity index (χ3v) is 4.63. The predicted molar refractivity (Wildman–Crippen MR) is 107 cm³/mol. The van der Waals surface area contributed by atoms with Crippen molar-refractivity contribution in [2.75, 3.05) is 13.6 Å². The van der Waals surface area contributed by atoms with Crippen molar-refractivity contribution in [3.05, 3.63) is 65.2 Å². The van der Waals surface area contributed by atoms with E-state index in [4.69, 9.17) is 5.21 Å². The molecule has 3 rings (SSSR count). The summed E-state index contributed by atoms with van der Waals surface area (Å²) in [4.78, 5) is 34.7. The lowest BCUT2D eigenvalue weighted by Gasteiger charge is -2.30. The molecule has 2 amide bonds. The fourth-order valence-electron chi connectivity index (χ4n) is 3.16. The van der Waals surface area contributed by atoms with Gasteiger partial charge >= 0.3 is 0 Å². The molecule has 1 aliphatic heterocycles. The normalized spacial score (nSPS) is 14.9. The second-order valence-electron chi connectivity index (χ2n) is 6.48. The van der Waals surface area contributed by atoms with E-state index in [0.29, 0.717) is 25.1 Å². The molecule has 0 saturated carbocycles. The Kier molecular flexibility index (Phi) is 6.29. The molecule has 1 atom stereocenters. The van der Waals surface area contributed by atoms with Crippen LogP contribution in [0, 0.1) is 5.92 Å². The number of nitrogens with zero attached hydrogens (tertiary/aromatic N) is 3. The number of aliphatic imine (C=N–C) groups is 2. The molecule has 2 N–H and O–H groups in total. The zero-order valence-corrected chi connectivity index (χ0v) is 15.6. The van der Waals surface area contributed by atoms with E-state index >= 15 is 0 Å². The summed E-state index contributed by atoms with van der Waals surface area (Å²) in [6, 6.07) is 14.7. The number of nitrogens with one attached hydrogen (secondary N) is 1. The average Bonchev–Trinajstić information content (AvgIpc) is 2.75. The predicted octanol–water partition coefficient (Wildman–Crippen LogP) is 2.41. The lowest BCUT2D eigenvalue weighted by molar-refractivity contribution is -0.132. The molecular weight excluding hydrogens is 356 g/mol. The third-order valence-electron chi connectivity index (χ3n) is 4.63. The third kappa shape index (κ3) is 4.50. The highest BCUT2D eigenvalue weighted by Crippen LogP contribution is 2.22. The van der Waals surface area contributed by atoms with Crippen molar-refractivity contribution < 1.29 is 14.8 Å². The largest absolute Gasteiger partial charge is 0.337 e. The highest BCUT2D eigenvalue weighted by atomic mass is 16.5. The number of para-hydroxylation sites is 1. The van der Waals surface area contributed by atoms with Gasteiger partial charge in [0.2, 0.25) is 5.91 Å². The molecule has 7 nitrogen and oxygen atoms in total. The van der Waals surface area contributed by atoms with Gasteiger partial charge in [0.1, 0.15) is 5.92 Å². The van der Waals surface area contributed by atoms with Crippen LogP contribution in [0.25, 0.3) is 0 Å². The quantitative estimate of drug-likeness (QED) is 0.475. The summed E-state index contributed by atoms with van der Waals surface area (Å²) in [5.74, 6) is -1.14. The van der Waals surface area contributed by atoms with E-state index in [2.05, 4.69) is 9.98 Å². The molecular formula is C21H22N4O3. The molecule has 1 heterocycles. The van der Waals surface area contributed by atoms with Crippen molar-refractivity contribution >= 4 is 29.9 Å². The number of hydrogen-bond donors (Lipinski definition) is 2. The SMILES string of the molecule is CN=CC(C=Nc1ccccc1)C(=O)N1CCc2cc(C(=O)NO)ccc2C1. The summed E-state index contributed by atoms with van der Waals surface area (Å²) in [7, 11) is 1.63.